The fourth-order valence-electron chi connectivity index (χ4n) is 9.19. The molecule has 0 heterocycles. The smallest absolute Gasteiger partial charge is 0.0462 e. The molecule has 0 saturated carbocycles. The van der Waals surface area contributed by atoms with Gasteiger partial charge in [0.05, 0.1) is 0 Å². The predicted octanol–water partition coefficient (Wildman–Crippen LogP) is 17.5. The van der Waals surface area contributed by atoms with Crippen LogP contribution in [0.25, 0.3) is 88.3 Å². The molecule has 11 aromatic carbocycles. The average Bonchev–Trinajstić information content (AvgIpc) is 3.37. The highest BCUT2D eigenvalue weighted by Gasteiger charge is 2.17. The van der Waals surface area contributed by atoms with Gasteiger partial charge in [-0.1, -0.05) is 218 Å². The zero-order chi connectivity index (χ0) is 42.0. The molecule has 0 saturated heterocycles. The molecular formula is C62H43N. The van der Waals surface area contributed by atoms with Crippen LogP contribution in [0, 0.1) is 0 Å². The lowest BCUT2D eigenvalue weighted by atomic mass is 9.90. The second-order valence-corrected chi connectivity index (χ2v) is 16.1. The van der Waals surface area contributed by atoms with Gasteiger partial charge in [-0.2, -0.15) is 0 Å². The standard InChI is InChI=1S/C62H43N/c1-4-15-45(16-5-1)58-41-34-52(43-61(58)47-17-6-2-7-18-47)44-27-35-53(36-28-44)63(54-37-29-49(30-38-54)57-26-14-23-46-19-10-12-24-56(46)57)55-39-31-50(32-40-55)60-42-33-48-20-11-13-25-59(48)62(60)51-21-8-3-9-22-51/h1-43H. The van der Waals surface area contributed by atoms with Crippen molar-refractivity contribution in [2.24, 2.45) is 0 Å². The summed E-state index contributed by atoms with van der Waals surface area (Å²) in [5.74, 6) is 0. The molecule has 0 N–H and O–H groups in total. The minimum absolute atomic E-state index is 1.09. The van der Waals surface area contributed by atoms with E-state index in [0.717, 1.165) is 17.1 Å². The van der Waals surface area contributed by atoms with Gasteiger partial charge < -0.3 is 4.90 Å². The molecule has 0 spiro atoms. The Morgan fingerprint density at radius 2 is 0.619 bits per heavy atom. The highest BCUT2D eigenvalue weighted by molar-refractivity contribution is 6.04. The maximum atomic E-state index is 2.37. The summed E-state index contributed by atoms with van der Waals surface area (Å²) in [5.41, 5.74) is 17.8. The lowest BCUT2D eigenvalue weighted by Gasteiger charge is -2.26. The zero-order valence-corrected chi connectivity index (χ0v) is 34.8. The number of fused-ring (bicyclic) bond motifs is 2. The second kappa shape index (κ2) is 16.7. The molecule has 0 aromatic heterocycles. The van der Waals surface area contributed by atoms with E-state index >= 15 is 0 Å². The molecule has 11 rings (SSSR count). The molecule has 0 aliphatic heterocycles. The molecule has 0 aliphatic carbocycles. The van der Waals surface area contributed by atoms with Crippen molar-refractivity contribution < 1.29 is 0 Å². The Kier molecular flexibility index (Phi) is 9.97. The quantitative estimate of drug-likeness (QED) is 0.141. The van der Waals surface area contributed by atoms with Gasteiger partial charge in [0, 0.05) is 17.1 Å². The number of hydrogen-bond donors (Lipinski definition) is 0. The third-order valence-corrected chi connectivity index (χ3v) is 12.3. The molecule has 0 amide bonds. The van der Waals surface area contributed by atoms with Gasteiger partial charge in [0.1, 0.15) is 0 Å². The Bertz CT molecular complexity index is 3330. The molecule has 0 radical (unpaired) electrons. The van der Waals surface area contributed by atoms with E-state index in [1.54, 1.807) is 0 Å². The third-order valence-electron chi connectivity index (χ3n) is 12.3. The van der Waals surface area contributed by atoms with Crippen molar-refractivity contribution in [1.29, 1.82) is 0 Å². The molecule has 296 valence electrons. The summed E-state index contributed by atoms with van der Waals surface area (Å²) in [5, 5.41) is 4.99. The number of rotatable bonds is 9. The molecule has 0 fully saturated rings. The molecule has 0 atom stereocenters. The maximum absolute atomic E-state index is 2.37. The first kappa shape index (κ1) is 37.7. The van der Waals surface area contributed by atoms with Gasteiger partial charge in [0.15, 0.2) is 0 Å². The first-order valence-electron chi connectivity index (χ1n) is 21.7. The zero-order valence-electron chi connectivity index (χ0n) is 34.8. The van der Waals surface area contributed by atoms with Crippen molar-refractivity contribution in [3.05, 3.63) is 261 Å². The molecule has 63 heavy (non-hydrogen) atoms. The van der Waals surface area contributed by atoms with Crippen molar-refractivity contribution in [2.45, 2.75) is 0 Å². The summed E-state index contributed by atoms with van der Waals surface area (Å²) >= 11 is 0. The van der Waals surface area contributed by atoms with E-state index in [2.05, 4.69) is 266 Å². The molecule has 0 bridgehead atoms. The summed E-state index contributed by atoms with van der Waals surface area (Å²) in [4.78, 5) is 2.37. The number of nitrogens with zero attached hydrogens (tertiary/aromatic N) is 1. The van der Waals surface area contributed by atoms with Crippen molar-refractivity contribution in [1.82, 2.24) is 0 Å². The van der Waals surface area contributed by atoms with Gasteiger partial charge in [-0.25, -0.2) is 0 Å². The van der Waals surface area contributed by atoms with E-state index in [0.29, 0.717) is 0 Å². The topological polar surface area (TPSA) is 3.24 Å². The van der Waals surface area contributed by atoms with Gasteiger partial charge >= 0.3 is 0 Å². The van der Waals surface area contributed by atoms with E-state index in [1.807, 2.05) is 0 Å². The number of benzene rings is 11. The lowest BCUT2D eigenvalue weighted by molar-refractivity contribution is 1.28. The molecule has 0 unspecified atom stereocenters. The molecule has 11 aromatic rings. The number of hydrogen-bond acceptors (Lipinski definition) is 1. The van der Waals surface area contributed by atoms with Crippen molar-refractivity contribution in [3.8, 4) is 66.8 Å². The Morgan fingerprint density at radius 1 is 0.206 bits per heavy atom. The minimum atomic E-state index is 1.09. The van der Waals surface area contributed by atoms with Crippen LogP contribution in [0.15, 0.2) is 261 Å². The van der Waals surface area contributed by atoms with Crippen molar-refractivity contribution >= 4 is 38.6 Å². The average molecular weight is 802 g/mol. The van der Waals surface area contributed by atoms with Gasteiger partial charge in [0.25, 0.3) is 0 Å². The molecule has 1 heteroatoms. The fraction of sp³-hybridized carbons (Fsp3) is 0. The Labute approximate surface area is 369 Å². The Morgan fingerprint density at radius 3 is 1.22 bits per heavy atom. The van der Waals surface area contributed by atoms with Crippen LogP contribution in [0.2, 0.25) is 0 Å². The van der Waals surface area contributed by atoms with Crippen LogP contribution in [-0.4, -0.2) is 0 Å². The van der Waals surface area contributed by atoms with Crippen LogP contribution >= 0.6 is 0 Å². The van der Waals surface area contributed by atoms with E-state index in [4.69, 9.17) is 0 Å². The van der Waals surface area contributed by atoms with Gasteiger partial charge in [-0.05, 0) is 131 Å². The maximum Gasteiger partial charge on any atom is 0.0462 e. The summed E-state index contributed by atoms with van der Waals surface area (Å²) in [6, 6.07) is 94.5. The molecular weight excluding hydrogens is 759 g/mol. The van der Waals surface area contributed by atoms with Crippen LogP contribution in [-0.2, 0) is 0 Å². The largest absolute Gasteiger partial charge is 0.311 e. The normalized spacial score (nSPS) is 11.2. The van der Waals surface area contributed by atoms with E-state index in [9.17, 15) is 0 Å². The monoisotopic (exact) mass is 801 g/mol. The SMILES string of the molecule is c1ccc(-c2ccc(-c3ccc(N(c4ccc(-c5ccc6ccccc6c5-c5ccccc5)cc4)c4ccc(-c5cccc6ccccc56)cc4)cc3)cc2-c2ccccc2)cc1. The van der Waals surface area contributed by atoms with Crippen LogP contribution in [0.3, 0.4) is 0 Å². The Hall–Kier alpha value is -8.26. The lowest BCUT2D eigenvalue weighted by Crippen LogP contribution is -2.09. The van der Waals surface area contributed by atoms with E-state index in [1.165, 1.54) is 88.3 Å². The predicted molar refractivity (Wildman–Crippen MR) is 269 cm³/mol. The second-order valence-electron chi connectivity index (χ2n) is 16.1. The summed E-state index contributed by atoms with van der Waals surface area (Å²) in [6.07, 6.45) is 0. The first-order valence-corrected chi connectivity index (χ1v) is 21.7. The minimum Gasteiger partial charge on any atom is -0.311 e. The van der Waals surface area contributed by atoms with E-state index in [-0.39, 0.29) is 0 Å². The van der Waals surface area contributed by atoms with Crippen LogP contribution in [0.4, 0.5) is 17.1 Å². The van der Waals surface area contributed by atoms with Gasteiger partial charge in [0.2, 0.25) is 0 Å². The van der Waals surface area contributed by atoms with Crippen molar-refractivity contribution in [2.75, 3.05) is 4.90 Å². The highest BCUT2D eigenvalue weighted by atomic mass is 15.1. The summed E-state index contributed by atoms with van der Waals surface area (Å²) in [6.45, 7) is 0. The van der Waals surface area contributed by atoms with Crippen molar-refractivity contribution in [3.63, 3.8) is 0 Å². The molecule has 1 nitrogen and oxygen atoms in total. The van der Waals surface area contributed by atoms with Gasteiger partial charge in [-0.3, -0.25) is 0 Å². The van der Waals surface area contributed by atoms with Crippen LogP contribution in [0.1, 0.15) is 0 Å². The third kappa shape index (κ3) is 7.37. The van der Waals surface area contributed by atoms with E-state index < -0.39 is 0 Å². The first-order chi connectivity index (χ1) is 31.2. The molecule has 0 aliphatic rings. The van der Waals surface area contributed by atoms with Gasteiger partial charge in [-0.15, -0.1) is 0 Å². The summed E-state index contributed by atoms with van der Waals surface area (Å²) in [7, 11) is 0. The highest BCUT2D eigenvalue weighted by Crippen LogP contribution is 2.42. The summed E-state index contributed by atoms with van der Waals surface area (Å²) < 4.78 is 0. The van der Waals surface area contributed by atoms with Crippen LogP contribution in [0.5, 0.6) is 0 Å². The van der Waals surface area contributed by atoms with Crippen LogP contribution < -0.4 is 4.90 Å². The number of anilines is 3. The fourth-order valence-corrected chi connectivity index (χ4v) is 9.19. The Balaban J connectivity index is 0.998.